The van der Waals surface area contributed by atoms with Gasteiger partial charge in [0, 0.05) is 39.3 Å². The number of amides is 1. The van der Waals surface area contributed by atoms with Gasteiger partial charge in [-0.25, -0.2) is 0 Å². The summed E-state index contributed by atoms with van der Waals surface area (Å²) in [6.45, 7) is 12.3. The van der Waals surface area contributed by atoms with Crippen molar-refractivity contribution in [3.63, 3.8) is 0 Å². The van der Waals surface area contributed by atoms with Crippen molar-refractivity contribution >= 4 is 5.91 Å². The van der Waals surface area contributed by atoms with Crippen molar-refractivity contribution in [3.8, 4) is 11.5 Å². The first-order valence-electron chi connectivity index (χ1n) is 9.89. The number of carbonyl (C=O) groups is 1. The quantitative estimate of drug-likeness (QED) is 0.714. The standard InChI is InChI=1S/C21H35N3O3/c1-16(2)15-23-10-12-24(13-11-23)17(3)21(25)22-9-8-18-6-7-19(26-4)20(14-18)27-5/h6-7,14,16-17H,8-13,15H2,1-5H3,(H,22,25). The number of carbonyl (C=O) groups excluding carboxylic acids is 1. The molecule has 2 rings (SSSR count). The second-order valence-corrected chi connectivity index (χ2v) is 7.64. The van der Waals surface area contributed by atoms with E-state index in [2.05, 4.69) is 29.0 Å². The molecule has 1 heterocycles. The van der Waals surface area contributed by atoms with Crippen LogP contribution in [0.2, 0.25) is 0 Å². The number of nitrogens with zero attached hydrogens (tertiary/aromatic N) is 2. The van der Waals surface area contributed by atoms with Gasteiger partial charge < -0.3 is 19.7 Å². The molecule has 0 saturated carbocycles. The van der Waals surface area contributed by atoms with Crippen LogP contribution in [0.4, 0.5) is 0 Å². The number of hydrogen-bond acceptors (Lipinski definition) is 5. The fourth-order valence-corrected chi connectivity index (χ4v) is 3.53. The number of nitrogens with one attached hydrogen (secondary N) is 1. The summed E-state index contributed by atoms with van der Waals surface area (Å²) in [7, 11) is 3.26. The Balaban J connectivity index is 1.75. The van der Waals surface area contributed by atoms with E-state index >= 15 is 0 Å². The van der Waals surface area contributed by atoms with Gasteiger partial charge in [0.15, 0.2) is 11.5 Å². The van der Waals surface area contributed by atoms with Crippen molar-refractivity contribution in [2.24, 2.45) is 5.92 Å². The topological polar surface area (TPSA) is 54.0 Å². The van der Waals surface area contributed by atoms with Crippen LogP contribution in [0.5, 0.6) is 11.5 Å². The molecule has 152 valence electrons. The fourth-order valence-electron chi connectivity index (χ4n) is 3.53. The van der Waals surface area contributed by atoms with E-state index in [0.29, 0.717) is 18.2 Å². The third kappa shape index (κ3) is 6.40. The van der Waals surface area contributed by atoms with Crippen molar-refractivity contribution in [2.75, 3.05) is 53.5 Å². The highest BCUT2D eigenvalue weighted by molar-refractivity contribution is 5.81. The highest BCUT2D eigenvalue weighted by Crippen LogP contribution is 2.27. The van der Waals surface area contributed by atoms with Gasteiger partial charge in [-0.2, -0.15) is 0 Å². The van der Waals surface area contributed by atoms with Crippen molar-refractivity contribution in [1.29, 1.82) is 0 Å². The molecule has 0 aliphatic carbocycles. The second kappa shape index (κ2) is 10.5. The molecule has 27 heavy (non-hydrogen) atoms. The number of ether oxygens (including phenoxy) is 2. The van der Waals surface area contributed by atoms with Crippen LogP contribution in [0.1, 0.15) is 26.3 Å². The van der Waals surface area contributed by atoms with Gasteiger partial charge in [0.25, 0.3) is 0 Å². The van der Waals surface area contributed by atoms with Gasteiger partial charge in [0.05, 0.1) is 20.3 Å². The van der Waals surface area contributed by atoms with Gasteiger partial charge in [0.2, 0.25) is 5.91 Å². The maximum atomic E-state index is 12.5. The highest BCUT2D eigenvalue weighted by atomic mass is 16.5. The van der Waals surface area contributed by atoms with Crippen molar-refractivity contribution in [3.05, 3.63) is 23.8 Å². The zero-order valence-corrected chi connectivity index (χ0v) is 17.5. The molecule has 6 heteroatoms. The molecule has 0 bridgehead atoms. The summed E-state index contributed by atoms with van der Waals surface area (Å²) in [5, 5.41) is 3.07. The zero-order chi connectivity index (χ0) is 19.8. The van der Waals surface area contributed by atoms with Crippen LogP contribution in [0.25, 0.3) is 0 Å². The molecule has 1 saturated heterocycles. The molecule has 1 aliphatic heterocycles. The van der Waals surface area contributed by atoms with E-state index in [0.717, 1.165) is 50.5 Å². The first-order valence-corrected chi connectivity index (χ1v) is 9.89. The largest absolute Gasteiger partial charge is 0.493 e. The Morgan fingerprint density at radius 1 is 1.07 bits per heavy atom. The van der Waals surface area contributed by atoms with Gasteiger partial charge in [-0.05, 0) is 37.0 Å². The molecule has 1 aromatic carbocycles. The number of hydrogen-bond donors (Lipinski definition) is 1. The summed E-state index contributed by atoms with van der Waals surface area (Å²) >= 11 is 0. The van der Waals surface area contributed by atoms with Gasteiger partial charge in [-0.1, -0.05) is 19.9 Å². The maximum Gasteiger partial charge on any atom is 0.237 e. The molecule has 1 atom stereocenters. The Morgan fingerprint density at radius 3 is 2.33 bits per heavy atom. The molecule has 1 aromatic rings. The van der Waals surface area contributed by atoms with E-state index in [9.17, 15) is 4.79 Å². The molecule has 1 aliphatic rings. The lowest BCUT2D eigenvalue weighted by molar-refractivity contribution is -0.126. The Hall–Kier alpha value is -1.79. The minimum Gasteiger partial charge on any atom is -0.493 e. The third-order valence-electron chi connectivity index (χ3n) is 5.12. The number of piperazine rings is 1. The minimum atomic E-state index is -0.0865. The molecule has 1 amide bonds. The Morgan fingerprint density at radius 2 is 1.74 bits per heavy atom. The lowest BCUT2D eigenvalue weighted by atomic mass is 10.1. The average molecular weight is 378 g/mol. The normalized spacial score (nSPS) is 17.0. The number of rotatable bonds is 9. The molecule has 1 N–H and O–H groups in total. The molecule has 0 spiro atoms. The van der Waals surface area contributed by atoms with E-state index in [1.54, 1.807) is 14.2 Å². The molecule has 0 aromatic heterocycles. The predicted octanol–water partition coefficient (Wildman–Crippen LogP) is 2.02. The maximum absolute atomic E-state index is 12.5. The highest BCUT2D eigenvalue weighted by Gasteiger charge is 2.25. The van der Waals surface area contributed by atoms with E-state index in [4.69, 9.17) is 9.47 Å². The third-order valence-corrected chi connectivity index (χ3v) is 5.12. The van der Waals surface area contributed by atoms with Crippen LogP contribution < -0.4 is 14.8 Å². The van der Waals surface area contributed by atoms with Crippen LogP contribution in [0, 0.1) is 5.92 Å². The summed E-state index contributed by atoms with van der Waals surface area (Å²) in [5.74, 6) is 2.23. The number of methoxy groups -OCH3 is 2. The molecule has 1 fully saturated rings. The summed E-state index contributed by atoms with van der Waals surface area (Å²) in [5.41, 5.74) is 1.11. The van der Waals surface area contributed by atoms with Crippen LogP contribution in [0.3, 0.4) is 0 Å². The second-order valence-electron chi connectivity index (χ2n) is 7.64. The average Bonchev–Trinajstić information content (AvgIpc) is 2.67. The van der Waals surface area contributed by atoms with Crippen molar-refractivity contribution < 1.29 is 14.3 Å². The van der Waals surface area contributed by atoms with Gasteiger partial charge >= 0.3 is 0 Å². The fraction of sp³-hybridized carbons (Fsp3) is 0.667. The van der Waals surface area contributed by atoms with E-state index < -0.39 is 0 Å². The summed E-state index contributed by atoms with van der Waals surface area (Å²) < 4.78 is 10.6. The van der Waals surface area contributed by atoms with Crippen LogP contribution >= 0.6 is 0 Å². The predicted molar refractivity (Wildman–Crippen MR) is 109 cm³/mol. The van der Waals surface area contributed by atoms with Gasteiger partial charge in [-0.3, -0.25) is 9.69 Å². The van der Waals surface area contributed by atoms with E-state index in [1.807, 2.05) is 25.1 Å². The van der Waals surface area contributed by atoms with E-state index in [-0.39, 0.29) is 11.9 Å². The first-order chi connectivity index (χ1) is 12.9. The lowest BCUT2D eigenvalue weighted by Crippen LogP contribution is -2.54. The van der Waals surface area contributed by atoms with Gasteiger partial charge in [0.1, 0.15) is 0 Å². The monoisotopic (exact) mass is 377 g/mol. The smallest absolute Gasteiger partial charge is 0.237 e. The van der Waals surface area contributed by atoms with Crippen molar-refractivity contribution in [1.82, 2.24) is 15.1 Å². The summed E-state index contributed by atoms with van der Waals surface area (Å²) in [4.78, 5) is 17.3. The summed E-state index contributed by atoms with van der Waals surface area (Å²) in [6.07, 6.45) is 0.765. The Labute approximate surface area is 163 Å². The number of benzene rings is 1. The molecular weight excluding hydrogens is 342 g/mol. The van der Waals surface area contributed by atoms with Gasteiger partial charge in [-0.15, -0.1) is 0 Å². The summed E-state index contributed by atoms with van der Waals surface area (Å²) in [6, 6.07) is 5.78. The zero-order valence-electron chi connectivity index (χ0n) is 17.5. The van der Waals surface area contributed by atoms with Crippen molar-refractivity contribution in [2.45, 2.75) is 33.2 Å². The van der Waals surface area contributed by atoms with Crippen LogP contribution in [-0.2, 0) is 11.2 Å². The molecular formula is C21H35N3O3. The van der Waals surface area contributed by atoms with Crippen LogP contribution in [-0.4, -0.2) is 75.2 Å². The minimum absolute atomic E-state index is 0.0865. The van der Waals surface area contributed by atoms with Crippen LogP contribution in [0.15, 0.2) is 18.2 Å². The molecule has 0 radical (unpaired) electrons. The lowest BCUT2D eigenvalue weighted by Gasteiger charge is -2.38. The molecule has 6 nitrogen and oxygen atoms in total. The Bertz CT molecular complexity index is 598. The Kier molecular flexibility index (Phi) is 8.38. The molecule has 1 unspecified atom stereocenters. The first kappa shape index (κ1) is 21.5. The van der Waals surface area contributed by atoms with E-state index in [1.165, 1.54) is 0 Å². The SMILES string of the molecule is COc1ccc(CCNC(=O)C(C)N2CCN(CC(C)C)CC2)cc1OC.